The highest BCUT2D eigenvalue weighted by Crippen LogP contribution is 2.22. The fourth-order valence-corrected chi connectivity index (χ4v) is 1.63. The molecule has 0 unspecified atom stereocenters. The van der Waals surface area contributed by atoms with E-state index in [1.54, 1.807) is 19.2 Å². The van der Waals surface area contributed by atoms with E-state index in [0.717, 1.165) is 0 Å². The number of aromatic nitrogens is 1. The Morgan fingerprint density at radius 3 is 2.84 bits per heavy atom. The minimum Gasteiger partial charge on any atom is -0.494 e. The number of ether oxygens (including phenoxy) is 1. The van der Waals surface area contributed by atoms with Gasteiger partial charge in [-0.25, -0.2) is 4.39 Å². The zero-order valence-corrected chi connectivity index (χ0v) is 10.6. The van der Waals surface area contributed by atoms with Crippen LogP contribution in [0.5, 0.6) is 5.75 Å². The Hall–Kier alpha value is -2.43. The predicted octanol–water partition coefficient (Wildman–Crippen LogP) is 2.79. The van der Waals surface area contributed by atoms with Crippen molar-refractivity contribution in [2.24, 2.45) is 0 Å². The molecule has 0 saturated carbocycles. The maximum Gasteiger partial charge on any atom is 0.255 e. The van der Waals surface area contributed by atoms with E-state index in [1.807, 2.05) is 0 Å². The largest absolute Gasteiger partial charge is 0.494 e. The summed E-state index contributed by atoms with van der Waals surface area (Å²) in [5, 5.41) is 2.68. The van der Waals surface area contributed by atoms with E-state index in [2.05, 4.69) is 10.3 Å². The molecule has 0 aliphatic rings. The van der Waals surface area contributed by atoms with Crippen LogP contribution < -0.4 is 10.1 Å². The van der Waals surface area contributed by atoms with Gasteiger partial charge in [-0.1, -0.05) is 0 Å². The number of amides is 1. The Morgan fingerprint density at radius 2 is 2.16 bits per heavy atom. The molecule has 4 nitrogen and oxygen atoms in total. The number of carbonyl (C=O) groups excluding carboxylic acids is 1. The molecule has 0 bridgehead atoms. The summed E-state index contributed by atoms with van der Waals surface area (Å²) in [5.74, 6) is -0.160. The summed E-state index contributed by atoms with van der Waals surface area (Å²) in [6.45, 7) is 1.61. The molecule has 1 amide bonds. The number of aryl methyl sites for hydroxylation is 1. The second-order valence-corrected chi connectivity index (χ2v) is 3.99. The highest BCUT2D eigenvalue weighted by atomic mass is 19.1. The van der Waals surface area contributed by atoms with Crippen LogP contribution in [0.4, 0.5) is 10.1 Å². The lowest BCUT2D eigenvalue weighted by molar-refractivity contribution is 0.102. The van der Waals surface area contributed by atoms with Crippen LogP contribution in [-0.2, 0) is 0 Å². The van der Waals surface area contributed by atoms with Gasteiger partial charge in [0.05, 0.1) is 13.3 Å². The van der Waals surface area contributed by atoms with Crippen LogP contribution in [0.1, 0.15) is 15.9 Å². The minimum absolute atomic E-state index is 0.337. The van der Waals surface area contributed by atoms with E-state index in [0.29, 0.717) is 22.6 Å². The number of methoxy groups -OCH3 is 1. The Bertz CT molecular complexity index is 614. The van der Waals surface area contributed by atoms with Gasteiger partial charge in [-0.2, -0.15) is 0 Å². The van der Waals surface area contributed by atoms with Gasteiger partial charge in [-0.3, -0.25) is 9.78 Å². The van der Waals surface area contributed by atoms with Crippen molar-refractivity contribution in [3.63, 3.8) is 0 Å². The number of pyridine rings is 1. The highest BCUT2D eigenvalue weighted by molar-refractivity contribution is 6.05. The van der Waals surface area contributed by atoms with E-state index >= 15 is 0 Å². The molecule has 0 aliphatic heterocycles. The van der Waals surface area contributed by atoms with Gasteiger partial charge in [0.2, 0.25) is 0 Å². The number of anilines is 1. The monoisotopic (exact) mass is 260 g/mol. The molecule has 0 saturated heterocycles. The van der Waals surface area contributed by atoms with Crippen LogP contribution in [0, 0.1) is 12.7 Å². The molecule has 2 rings (SSSR count). The first-order valence-electron chi connectivity index (χ1n) is 5.67. The van der Waals surface area contributed by atoms with Crippen LogP contribution in [-0.4, -0.2) is 18.0 Å². The molecule has 2 aromatic rings. The van der Waals surface area contributed by atoms with Gasteiger partial charge in [0.1, 0.15) is 17.3 Å². The second kappa shape index (κ2) is 5.48. The number of nitrogens with one attached hydrogen (secondary N) is 1. The molecule has 1 heterocycles. The molecule has 98 valence electrons. The van der Waals surface area contributed by atoms with Gasteiger partial charge in [0, 0.05) is 17.8 Å². The van der Waals surface area contributed by atoms with Gasteiger partial charge in [0.15, 0.2) is 0 Å². The second-order valence-electron chi connectivity index (χ2n) is 3.99. The Morgan fingerprint density at radius 1 is 1.37 bits per heavy atom. The fraction of sp³-hybridized carbons (Fsp3) is 0.143. The first-order valence-corrected chi connectivity index (χ1v) is 5.67. The van der Waals surface area contributed by atoms with Crippen molar-refractivity contribution in [2.75, 3.05) is 12.4 Å². The fourth-order valence-electron chi connectivity index (χ4n) is 1.63. The van der Waals surface area contributed by atoms with Crippen molar-refractivity contribution in [3.05, 3.63) is 53.6 Å². The van der Waals surface area contributed by atoms with Gasteiger partial charge < -0.3 is 10.1 Å². The van der Waals surface area contributed by atoms with Crippen LogP contribution in [0.3, 0.4) is 0 Å². The summed E-state index contributed by atoms with van der Waals surface area (Å²) in [6, 6.07) is 5.84. The number of hydrogen-bond acceptors (Lipinski definition) is 3. The van der Waals surface area contributed by atoms with Crippen LogP contribution in [0.2, 0.25) is 0 Å². The topological polar surface area (TPSA) is 51.2 Å². The summed E-state index contributed by atoms with van der Waals surface area (Å²) in [4.78, 5) is 15.9. The van der Waals surface area contributed by atoms with Crippen molar-refractivity contribution in [3.8, 4) is 5.75 Å². The summed E-state index contributed by atoms with van der Waals surface area (Å²) in [5.41, 5.74) is 1.27. The molecule has 0 spiro atoms. The lowest BCUT2D eigenvalue weighted by Crippen LogP contribution is -2.13. The number of carbonyl (C=O) groups is 1. The van der Waals surface area contributed by atoms with E-state index in [-0.39, 0.29) is 11.7 Å². The molecule has 1 aromatic heterocycles. The smallest absolute Gasteiger partial charge is 0.255 e. The summed E-state index contributed by atoms with van der Waals surface area (Å²) in [6.07, 6.45) is 3.06. The van der Waals surface area contributed by atoms with Gasteiger partial charge in [0.25, 0.3) is 5.91 Å². The summed E-state index contributed by atoms with van der Waals surface area (Å²) in [7, 11) is 1.51. The molecule has 0 fully saturated rings. The third-order valence-electron chi connectivity index (χ3n) is 2.67. The zero-order chi connectivity index (χ0) is 13.8. The predicted molar refractivity (Wildman–Crippen MR) is 69.9 cm³/mol. The SMILES string of the molecule is COc1ccncc1NC(=O)c1ccc(F)c(C)c1. The first kappa shape index (κ1) is 13.0. The lowest BCUT2D eigenvalue weighted by atomic mass is 10.1. The van der Waals surface area contributed by atoms with Crippen molar-refractivity contribution >= 4 is 11.6 Å². The minimum atomic E-state index is -0.339. The van der Waals surface area contributed by atoms with E-state index in [9.17, 15) is 9.18 Å². The highest BCUT2D eigenvalue weighted by Gasteiger charge is 2.10. The number of hydrogen-bond donors (Lipinski definition) is 1. The standard InChI is InChI=1S/C14H13FN2O2/c1-9-7-10(3-4-11(9)15)14(18)17-12-8-16-6-5-13(12)19-2/h3-8H,1-2H3,(H,17,18). The van der Waals surface area contributed by atoms with E-state index in [1.165, 1.54) is 31.5 Å². The number of benzene rings is 1. The van der Waals surface area contributed by atoms with Gasteiger partial charge in [-0.05, 0) is 30.7 Å². The molecular formula is C14H13FN2O2. The molecule has 0 radical (unpaired) electrons. The summed E-state index contributed by atoms with van der Waals surface area (Å²) < 4.78 is 18.3. The summed E-state index contributed by atoms with van der Waals surface area (Å²) >= 11 is 0. The maximum atomic E-state index is 13.1. The lowest BCUT2D eigenvalue weighted by Gasteiger charge is -2.09. The number of nitrogens with zero attached hydrogens (tertiary/aromatic N) is 1. The third-order valence-corrected chi connectivity index (χ3v) is 2.67. The molecule has 1 aromatic carbocycles. The van der Waals surface area contributed by atoms with Crippen molar-refractivity contribution in [2.45, 2.75) is 6.92 Å². The molecule has 19 heavy (non-hydrogen) atoms. The molecule has 5 heteroatoms. The van der Waals surface area contributed by atoms with E-state index in [4.69, 9.17) is 4.74 Å². The Kier molecular flexibility index (Phi) is 3.75. The molecular weight excluding hydrogens is 247 g/mol. The normalized spacial score (nSPS) is 10.1. The average molecular weight is 260 g/mol. The van der Waals surface area contributed by atoms with Crippen molar-refractivity contribution < 1.29 is 13.9 Å². The Labute approximate surface area is 110 Å². The molecule has 1 N–H and O–H groups in total. The van der Waals surface area contributed by atoms with Gasteiger partial charge >= 0.3 is 0 Å². The van der Waals surface area contributed by atoms with Crippen molar-refractivity contribution in [1.29, 1.82) is 0 Å². The van der Waals surface area contributed by atoms with Crippen LogP contribution in [0.15, 0.2) is 36.7 Å². The number of halogens is 1. The number of rotatable bonds is 3. The van der Waals surface area contributed by atoms with Crippen molar-refractivity contribution in [1.82, 2.24) is 4.98 Å². The van der Waals surface area contributed by atoms with Crippen LogP contribution in [0.25, 0.3) is 0 Å². The van der Waals surface area contributed by atoms with E-state index < -0.39 is 0 Å². The van der Waals surface area contributed by atoms with Crippen LogP contribution >= 0.6 is 0 Å². The molecule has 0 atom stereocenters. The van der Waals surface area contributed by atoms with Gasteiger partial charge in [-0.15, -0.1) is 0 Å². The first-order chi connectivity index (χ1) is 9.11. The zero-order valence-electron chi connectivity index (χ0n) is 10.6. The third kappa shape index (κ3) is 2.88. The average Bonchev–Trinajstić information content (AvgIpc) is 2.42. The Balaban J connectivity index is 2.23. The quantitative estimate of drug-likeness (QED) is 0.923. The maximum absolute atomic E-state index is 13.1. The molecule has 0 aliphatic carbocycles.